The molecule has 2 aliphatic rings. The van der Waals surface area contributed by atoms with Crippen molar-refractivity contribution in [3.8, 4) is 0 Å². The third-order valence-electron chi connectivity index (χ3n) is 7.36. The molecule has 2 fully saturated rings. The molecule has 0 amide bonds. The van der Waals surface area contributed by atoms with E-state index in [1.807, 2.05) is 42.5 Å². The van der Waals surface area contributed by atoms with Crippen LogP contribution in [0.3, 0.4) is 0 Å². The van der Waals surface area contributed by atoms with E-state index in [4.69, 9.17) is 5.11 Å². The van der Waals surface area contributed by atoms with Crippen LogP contribution in [0.5, 0.6) is 0 Å². The van der Waals surface area contributed by atoms with E-state index in [0.29, 0.717) is 0 Å². The molecular formula is C36H55NiOP+. The molecule has 0 saturated heterocycles. The molecule has 2 aromatic rings. The number of rotatable bonds is 9. The van der Waals surface area contributed by atoms with Crippen LogP contribution in [0.1, 0.15) is 109 Å². The molecule has 0 aliphatic heterocycles. The smallest absolute Gasteiger partial charge is 0.857 e. The molecule has 0 spiro atoms. The monoisotopic (exact) mass is 592 g/mol. The van der Waals surface area contributed by atoms with Crippen LogP contribution in [0.4, 0.5) is 0 Å². The van der Waals surface area contributed by atoms with Gasteiger partial charge in [0, 0.05) is 0 Å². The SMILES string of the molecule is C=CCCCCCC.C[O-].[CH2]/C=C/c1ccccc1.[Ni+2].c1ccc(P(C2CCCCC2)C2CCCCC2)cc1. The van der Waals surface area contributed by atoms with E-state index in [9.17, 15) is 0 Å². The van der Waals surface area contributed by atoms with E-state index in [2.05, 4.69) is 50.8 Å². The van der Waals surface area contributed by atoms with Gasteiger partial charge in [-0.05, 0) is 67.6 Å². The third-order valence-corrected chi connectivity index (χ3v) is 10.9. The molecule has 2 saturated carbocycles. The summed E-state index contributed by atoms with van der Waals surface area (Å²) in [6.45, 7) is 9.49. The van der Waals surface area contributed by atoms with Crippen LogP contribution in [0.25, 0.3) is 6.08 Å². The van der Waals surface area contributed by atoms with Crippen LogP contribution in [0.15, 0.2) is 79.4 Å². The zero-order valence-electron chi connectivity index (χ0n) is 24.9. The van der Waals surface area contributed by atoms with E-state index >= 15 is 0 Å². The fourth-order valence-electron chi connectivity index (χ4n) is 5.45. The minimum Gasteiger partial charge on any atom is -0.857 e. The Hall–Kier alpha value is -1.20. The van der Waals surface area contributed by atoms with Gasteiger partial charge in [-0.25, -0.2) is 0 Å². The number of hydrogen-bond acceptors (Lipinski definition) is 1. The minimum atomic E-state index is 0. The quantitative estimate of drug-likeness (QED) is 0.123. The van der Waals surface area contributed by atoms with Crippen LogP contribution in [0, 0.1) is 6.92 Å². The predicted octanol–water partition coefficient (Wildman–Crippen LogP) is 10.1. The van der Waals surface area contributed by atoms with Crippen molar-refractivity contribution in [2.45, 2.75) is 115 Å². The fourth-order valence-corrected chi connectivity index (χ4v) is 9.25. The summed E-state index contributed by atoms with van der Waals surface area (Å²) >= 11 is 0. The van der Waals surface area contributed by atoms with Crippen LogP contribution < -0.4 is 10.4 Å². The molecule has 2 aliphatic carbocycles. The Balaban J connectivity index is 0.000000609. The van der Waals surface area contributed by atoms with Crippen molar-refractivity contribution >= 4 is 19.3 Å². The zero-order chi connectivity index (χ0) is 27.7. The van der Waals surface area contributed by atoms with E-state index in [1.165, 1.54) is 102 Å². The maximum atomic E-state index is 8.25. The maximum absolute atomic E-state index is 8.25. The summed E-state index contributed by atoms with van der Waals surface area (Å²) in [5.41, 5.74) is 3.27. The average molecular weight is 594 g/mol. The van der Waals surface area contributed by atoms with Crippen molar-refractivity contribution in [3.05, 3.63) is 91.9 Å². The van der Waals surface area contributed by atoms with Crippen molar-refractivity contribution in [1.82, 2.24) is 0 Å². The summed E-state index contributed by atoms with van der Waals surface area (Å²) in [7, 11) is 0.858. The van der Waals surface area contributed by atoms with Crippen molar-refractivity contribution in [1.29, 1.82) is 0 Å². The van der Waals surface area contributed by atoms with Crippen LogP contribution in [-0.4, -0.2) is 18.4 Å². The third kappa shape index (κ3) is 17.3. The first-order chi connectivity index (χ1) is 18.8. The van der Waals surface area contributed by atoms with Crippen molar-refractivity contribution in [2.75, 3.05) is 7.11 Å². The molecule has 0 bridgehead atoms. The summed E-state index contributed by atoms with van der Waals surface area (Å²) in [5, 5.41) is 9.95. The second-order valence-corrected chi connectivity index (χ2v) is 13.1. The molecule has 0 atom stereocenters. The van der Waals surface area contributed by atoms with Gasteiger partial charge in [-0.3, -0.25) is 0 Å². The largest absolute Gasteiger partial charge is 2.00 e. The Morgan fingerprint density at radius 3 is 1.67 bits per heavy atom. The molecular weight excluding hydrogens is 538 g/mol. The van der Waals surface area contributed by atoms with Gasteiger partial charge in [0.25, 0.3) is 0 Å². The Morgan fingerprint density at radius 1 is 0.744 bits per heavy atom. The van der Waals surface area contributed by atoms with Gasteiger partial charge in [0.15, 0.2) is 0 Å². The average Bonchev–Trinajstić information content (AvgIpc) is 3.00. The molecule has 0 N–H and O–H groups in total. The normalized spacial score (nSPS) is 15.5. The number of unbranched alkanes of at least 4 members (excludes halogenated alkanes) is 4. The predicted molar refractivity (Wildman–Crippen MR) is 172 cm³/mol. The molecule has 219 valence electrons. The van der Waals surface area contributed by atoms with Gasteiger partial charge in [-0.1, -0.05) is 152 Å². The molecule has 4 rings (SSSR count). The summed E-state index contributed by atoms with van der Waals surface area (Å²) in [4.78, 5) is 0. The molecule has 0 unspecified atom stereocenters. The molecule has 0 aromatic heterocycles. The first-order valence-electron chi connectivity index (χ1n) is 15.2. The van der Waals surface area contributed by atoms with Crippen LogP contribution in [-0.2, 0) is 16.5 Å². The standard InChI is InChI=1S/C18H27P.C9H9.C8H16.CH3O.Ni/c1-4-10-16(11-5-1)19(17-12-6-2-7-13-17)18-14-8-3-9-15-18;1-2-6-9-7-4-3-5-8-9;1-3-5-7-8-6-4-2;1-2;/h1,4-5,10-11,17-18H,2-3,6-9,12-15H2;2-8H,1H2;3H,1,4-8H2,2H3;1H3;/q;;;-1;+2/b;6-2+;;;. The topological polar surface area (TPSA) is 23.1 Å². The van der Waals surface area contributed by atoms with Gasteiger partial charge in [-0.2, -0.15) is 7.11 Å². The number of benzene rings is 2. The van der Waals surface area contributed by atoms with E-state index in [1.54, 1.807) is 11.4 Å². The van der Waals surface area contributed by atoms with Crippen molar-refractivity contribution < 1.29 is 21.6 Å². The molecule has 39 heavy (non-hydrogen) atoms. The minimum absolute atomic E-state index is 0. The van der Waals surface area contributed by atoms with Gasteiger partial charge in [-0.15, -0.1) is 6.58 Å². The first-order valence-corrected chi connectivity index (χ1v) is 16.6. The summed E-state index contributed by atoms with van der Waals surface area (Å²) in [6, 6.07) is 21.7. The van der Waals surface area contributed by atoms with Gasteiger partial charge in [0.2, 0.25) is 0 Å². The summed E-state index contributed by atoms with van der Waals surface area (Å²) in [5.74, 6) is 0. The Labute approximate surface area is 253 Å². The second kappa shape index (κ2) is 27.0. The Morgan fingerprint density at radius 2 is 1.23 bits per heavy atom. The number of allylic oxidation sites excluding steroid dienone is 2. The molecule has 1 nitrogen and oxygen atoms in total. The van der Waals surface area contributed by atoms with Crippen LogP contribution >= 0.6 is 7.92 Å². The summed E-state index contributed by atoms with van der Waals surface area (Å²) in [6.07, 6.45) is 27.3. The number of hydrogen-bond donors (Lipinski definition) is 0. The molecule has 1 radical (unpaired) electrons. The molecule has 3 heteroatoms. The van der Waals surface area contributed by atoms with Crippen molar-refractivity contribution in [2.24, 2.45) is 0 Å². The van der Waals surface area contributed by atoms with Gasteiger partial charge >= 0.3 is 16.5 Å². The fraction of sp³-hybridized carbons (Fsp3) is 0.528. The van der Waals surface area contributed by atoms with E-state index in [-0.39, 0.29) is 24.4 Å². The van der Waals surface area contributed by atoms with E-state index in [0.717, 1.165) is 18.4 Å². The van der Waals surface area contributed by atoms with Gasteiger partial charge in [0.1, 0.15) is 0 Å². The van der Waals surface area contributed by atoms with Gasteiger partial charge < -0.3 is 5.11 Å². The second-order valence-electron chi connectivity index (χ2n) is 10.3. The van der Waals surface area contributed by atoms with E-state index < -0.39 is 0 Å². The molecule has 2 aromatic carbocycles. The first kappa shape index (κ1) is 37.8. The van der Waals surface area contributed by atoms with Crippen molar-refractivity contribution in [3.63, 3.8) is 0 Å². The van der Waals surface area contributed by atoms with Crippen LogP contribution in [0.2, 0.25) is 0 Å². The summed E-state index contributed by atoms with van der Waals surface area (Å²) < 4.78 is 0. The molecule has 0 heterocycles. The Kier molecular flexibility index (Phi) is 26.2. The van der Waals surface area contributed by atoms with Gasteiger partial charge in [0.05, 0.1) is 0 Å². The zero-order valence-corrected chi connectivity index (χ0v) is 26.7. The maximum Gasteiger partial charge on any atom is 2.00 e. The Bertz CT molecular complexity index is 777.